The molecule has 0 saturated carbocycles. The van der Waals surface area contributed by atoms with Gasteiger partial charge in [0, 0.05) is 32.3 Å². The lowest BCUT2D eigenvalue weighted by molar-refractivity contribution is 0.0654. The summed E-state index contributed by atoms with van der Waals surface area (Å²) in [4.78, 5) is 6.96. The van der Waals surface area contributed by atoms with Crippen LogP contribution in [-0.4, -0.2) is 57.9 Å². The number of nitrogens with one attached hydrogen (secondary N) is 1. The van der Waals surface area contributed by atoms with Crippen molar-refractivity contribution in [2.24, 2.45) is 0 Å². The molecule has 0 spiro atoms. The molecule has 2 fully saturated rings. The van der Waals surface area contributed by atoms with Gasteiger partial charge in [-0.25, -0.2) is 9.50 Å². The number of ether oxygens (including phenoxy) is 1. The summed E-state index contributed by atoms with van der Waals surface area (Å²) < 4.78 is 8.56. The maximum absolute atomic E-state index is 5.75. The normalized spacial score (nSPS) is 23.6. The van der Waals surface area contributed by atoms with Crippen molar-refractivity contribution in [1.82, 2.24) is 19.5 Å². The van der Waals surface area contributed by atoms with E-state index in [4.69, 9.17) is 4.74 Å². The summed E-state index contributed by atoms with van der Waals surface area (Å²) in [6.07, 6.45) is 6.79. The Morgan fingerprint density at radius 3 is 2.91 bits per heavy atom. The predicted molar refractivity (Wildman–Crippen MR) is 92.7 cm³/mol. The topological polar surface area (TPSA) is 54.7 Å². The summed E-state index contributed by atoms with van der Waals surface area (Å²) in [5.74, 6) is 0.920. The molecule has 1 N–H and O–H groups in total. The Morgan fingerprint density at radius 1 is 1.26 bits per heavy atom. The highest BCUT2D eigenvalue weighted by Crippen LogP contribution is 2.23. The Kier molecular flexibility index (Phi) is 4.50. The fourth-order valence-corrected chi connectivity index (χ4v) is 3.96. The standard InChI is InChI=1S/C16H22BrN5O/c17-15-4-3-14-16(18-11-19-22(14)15)20-12-5-7-21(8-6-12)10-13-2-1-9-23-13/h3-4,11-13H,1-2,5-10H2,(H,18,19,20). The van der Waals surface area contributed by atoms with Crippen LogP contribution in [0.3, 0.4) is 0 Å². The van der Waals surface area contributed by atoms with Crippen LogP contribution >= 0.6 is 15.9 Å². The molecule has 2 aromatic heterocycles. The monoisotopic (exact) mass is 379 g/mol. The van der Waals surface area contributed by atoms with Gasteiger partial charge in [0.05, 0.1) is 6.10 Å². The highest BCUT2D eigenvalue weighted by molar-refractivity contribution is 9.10. The van der Waals surface area contributed by atoms with E-state index in [-0.39, 0.29) is 0 Å². The van der Waals surface area contributed by atoms with Crippen LogP contribution in [0.1, 0.15) is 25.7 Å². The minimum atomic E-state index is 0.457. The number of piperidine rings is 1. The van der Waals surface area contributed by atoms with E-state index in [1.165, 1.54) is 12.8 Å². The molecule has 2 aliphatic heterocycles. The number of hydrogen-bond acceptors (Lipinski definition) is 5. The molecule has 0 amide bonds. The van der Waals surface area contributed by atoms with Gasteiger partial charge < -0.3 is 15.0 Å². The molecule has 0 aromatic carbocycles. The van der Waals surface area contributed by atoms with E-state index in [0.717, 1.165) is 55.0 Å². The third-order valence-electron chi connectivity index (χ3n) is 4.82. The molecule has 2 aliphatic rings. The van der Waals surface area contributed by atoms with Crippen molar-refractivity contribution in [3.8, 4) is 0 Å². The second-order valence-corrected chi connectivity index (χ2v) is 7.23. The SMILES string of the molecule is Brc1ccc2c(NC3CCN(CC4CCCO4)CC3)ncnn12. The maximum atomic E-state index is 5.75. The number of likely N-dealkylation sites (tertiary alicyclic amines) is 1. The highest BCUT2D eigenvalue weighted by Gasteiger charge is 2.24. The lowest BCUT2D eigenvalue weighted by Crippen LogP contribution is -2.42. The van der Waals surface area contributed by atoms with Crippen molar-refractivity contribution in [2.45, 2.75) is 37.8 Å². The molecule has 0 radical (unpaired) electrons. The first-order valence-corrected chi connectivity index (χ1v) is 9.17. The van der Waals surface area contributed by atoms with Gasteiger partial charge in [-0.15, -0.1) is 0 Å². The van der Waals surface area contributed by atoms with E-state index in [0.29, 0.717) is 12.1 Å². The summed E-state index contributed by atoms with van der Waals surface area (Å²) in [6, 6.07) is 4.52. The third kappa shape index (κ3) is 3.36. The van der Waals surface area contributed by atoms with Crippen molar-refractivity contribution >= 4 is 27.3 Å². The Balaban J connectivity index is 1.35. The zero-order valence-electron chi connectivity index (χ0n) is 13.1. The lowest BCUT2D eigenvalue weighted by Gasteiger charge is -2.33. The molecule has 2 aromatic rings. The molecule has 2 saturated heterocycles. The molecule has 23 heavy (non-hydrogen) atoms. The zero-order chi connectivity index (χ0) is 15.6. The third-order valence-corrected chi connectivity index (χ3v) is 5.42. The summed E-state index contributed by atoms with van der Waals surface area (Å²) in [5, 5.41) is 7.86. The summed E-state index contributed by atoms with van der Waals surface area (Å²) >= 11 is 3.50. The van der Waals surface area contributed by atoms with Crippen molar-refractivity contribution in [3.05, 3.63) is 23.1 Å². The number of halogens is 1. The number of aromatic nitrogens is 3. The zero-order valence-corrected chi connectivity index (χ0v) is 14.7. The van der Waals surface area contributed by atoms with Crippen LogP contribution in [0.2, 0.25) is 0 Å². The number of rotatable bonds is 4. The van der Waals surface area contributed by atoms with Gasteiger partial charge >= 0.3 is 0 Å². The van der Waals surface area contributed by atoms with Gasteiger partial charge in [0.2, 0.25) is 0 Å². The van der Waals surface area contributed by atoms with Crippen LogP contribution in [0.15, 0.2) is 23.1 Å². The molecule has 1 unspecified atom stereocenters. The van der Waals surface area contributed by atoms with E-state index in [9.17, 15) is 0 Å². The van der Waals surface area contributed by atoms with Crippen molar-refractivity contribution in [1.29, 1.82) is 0 Å². The van der Waals surface area contributed by atoms with Crippen LogP contribution < -0.4 is 5.32 Å². The van der Waals surface area contributed by atoms with Crippen LogP contribution in [0.5, 0.6) is 0 Å². The molecule has 0 aliphatic carbocycles. The quantitative estimate of drug-likeness (QED) is 0.884. The minimum absolute atomic E-state index is 0.457. The minimum Gasteiger partial charge on any atom is -0.377 e. The van der Waals surface area contributed by atoms with Crippen LogP contribution in [0, 0.1) is 0 Å². The van der Waals surface area contributed by atoms with Crippen LogP contribution in [0.4, 0.5) is 5.82 Å². The van der Waals surface area contributed by atoms with Crippen molar-refractivity contribution < 1.29 is 4.74 Å². The Labute approximate surface area is 144 Å². The first-order chi connectivity index (χ1) is 11.3. The second-order valence-electron chi connectivity index (χ2n) is 6.42. The number of anilines is 1. The van der Waals surface area contributed by atoms with Gasteiger partial charge in [0.15, 0.2) is 5.82 Å². The van der Waals surface area contributed by atoms with Crippen molar-refractivity contribution in [2.75, 3.05) is 31.6 Å². The summed E-state index contributed by atoms with van der Waals surface area (Å²) in [7, 11) is 0. The van der Waals surface area contributed by atoms with Gasteiger partial charge in [-0.3, -0.25) is 0 Å². The molecule has 0 bridgehead atoms. The Morgan fingerprint density at radius 2 is 2.13 bits per heavy atom. The molecule has 1 atom stereocenters. The van der Waals surface area contributed by atoms with Crippen LogP contribution in [-0.2, 0) is 4.74 Å². The maximum Gasteiger partial charge on any atom is 0.154 e. The molecule has 4 rings (SSSR count). The average Bonchev–Trinajstić information content (AvgIpc) is 3.20. The summed E-state index contributed by atoms with van der Waals surface area (Å²) in [6.45, 7) is 4.29. The predicted octanol–water partition coefficient (Wildman–Crippen LogP) is 2.55. The van der Waals surface area contributed by atoms with Crippen molar-refractivity contribution in [3.63, 3.8) is 0 Å². The Bertz CT molecular complexity index is 662. The van der Waals surface area contributed by atoms with Gasteiger partial charge in [-0.2, -0.15) is 5.10 Å². The van der Waals surface area contributed by atoms with Gasteiger partial charge in [-0.05, 0) is 53.7 Å². The van der Waals surface area contributed by atoms with E-state index >= 15 is 0 Å². The molecule has 7 heteroatoms. The lowest BCUT2D eigenvalue weighted by atomic mass is 10.0. The second kappa shape index (κ2) is 6.75. The molecule has 124 valence electrons. The number of fused-ring (bicyclic) bond motifs is 1. The van der Waals surface area contributed by atoms with Gasteiger partial charge in [-0.1, -0.05) is 0 Å². The van der Waals surface area contributed by atoms with Gasteiger partial charge in [0.1, 0.15) is 16.4 Å². The van der Waals surface area contributed by atoms with E-state index in [2.05, 4.69) is 36.2 Å². The van der Waals surface area contributed by atoms with Gasteiger partial charge in [0.25, 0.3) is 0 Å². The van der Waals surface area contributed by atoms with E-state index < -0.39 is 0 Å². The number of hydrogen-bond donors (Lipinski definition) is 1. The molecular formula is C16H22BrN5O. The smallest absolute Gasteiger partial charge is 0.154 e. The highest BCUT2D eigenvalue weighted by atomic mass is 79.9. The van der Waals surface area contributed by atoms with E-state index in [1.807, 2.05) is 16.6 Å². The molecule has 4 heterocycles. The first kappa shape index (κ1) is 15.4. The summed E-state index contributed by atoms with van der Waals surface area (Å²) in [5.41, 5.74) is 1.01. The fraction of sp³-hybridized carbons (Fsp3) is 0.625. The number of nitrogens with zero attached hydrogens (tertiary/aromatic N) is 4. The first-order valence-electron chi connectivity index (χ1n) is 8.38. The van der Waals surface area contributed by atoms with E-state index in [1.54, 1.807) is 6.33 Å². The average molecular weight is 380 g/mol. The fourth-order valence-electron chi connectivity index (χ4n) is 3.54. The molecular weight excluding hydrogens is 358 g/mol. The Hall–Kier alpha value is -1.18. The molecule has 6 nitrogen and oxygen atoms in total. The largest absolute Gasteiger partial charge is 0.377 e. The van der Waals surface area contributed by atoms with Crippen LogP contribution in [0.25, 0.3) is 5.52 Å².